The number of hydrogen-bond donors (Lipinski definition) is 1. The Morgan fingerprint density at radius 1 is 1.05 bits per heavy atom. The quantitative estimate of drug-likeness (QED) is 0.635. The average molecular weight is 291 g/mol. The molecule has 0 aliphatic rings. The van der Waals surface area contributed by atoms with Gasteiger partial charge in [0.2, 0.25) is 0 Å². The van der Waals surface area contributed by atoms with Crippen molar-refractivity contribution in [2.45, 2.75) is 12.8 Å². The minimum Gasteiger partial charge on any atom is -0.382 e. The molecule has 0 bridgehead atoms. The van der Waals surface area contributed by atoms with E-state index in [1.807, 2.05) is 0 Å². The second-order valence-electron chi connectivity index (χ2n) is 3.73. The first-order chi connectivity index (χ1) is 9.24. The molecule has 0 spiro atoms. The molecule has 0 aliphatic carbocycles. The Labute approximate surface area is 117 Å². The fraction of sp³-hybridized carbons (Fsp3) is 0.727. The molecule has 1 aromatic rings. The Kier molecular flexibility index (Phi) is 8.31. The van der Waals surface area contributed by atoms with Crippen molar-refractivity contribution in [3.8, 4) is 0 Å². The van der Waals surface area contributed by atoms with E-state index in [-0.39, 0.29) is 11.0 Å². The van der Waals surface area contributed by atoms with Crippen LogP contribution in [-0.2, 0) is 20.6 Å². The first kappa shape index (κ1) is 16.0. The minimum atomic E-state index is 0.133. The van der Waals surface area contributed by atoms with Crippen LogP contribution in [0.3, 0.4) is 0 Å². The monoisotopic (exact) mass is 290 g/mol. The lowest BCUT2D eigenvalue weighted by Gasteiger charge is -2.05. The number of aromatic nitrogens is 3. The van der Waals surface area contributed by atoms with Crippen molar-refractivity contribution in [3.05, 3.63) is 11.0 Å². The molecule has 0 saturated carbocycles. The number of nitrogens with zero attached hydrogens (tertiary/aromatic N) is 3. The van der Waals surface area contributed by atoms with Gasteiger partial charge in [0.05, 0.1) is 26.4 Å². The van der Waals surface area contributed by atoms with Crippen LogP contribution in [0, 0.1) is 0 Å². The van der Waals surface area contributed by atoms with E-state index in [2.05, 4.69) is 15.2 Å². The van der Waals surface area contributed by atoms with Crippen molar-refractivity contribution in [1.29, 1.82) is 0 Å². The van der Waals surface area contributed by atoms with Crippen LogP contribution in [0.5, 0.6) is 0 Å². The summed E-state index contributed by atoms with van der Waals surface area (Å²) in [4.78, 5) is 4.02. The largest absolute Gasteiger partial charge is 0.382 e. The minimum absolute atomic E-state index is 0.133. The third-order valence-electron chi connectivity index (χ3n) is 2.21. The number of nitrogens with two attached hydrogens (primary N) is 1. The summed E-state index contributed by atoms with van der Waals surface area (Å²) >= 11 is 5.63. The predicted molar refractivity (Wildman–Crippen MR) is 71.1 cm³/mol. The van der Waals surface area contributed by atoms with Crippen molar-refractivity contribution in [2.24, 2.45) is 0 Å². The van der Waals surface area contributed by atoms with Gasteiger partial charge in [-0.25, -0.2) is 4.98 Å². The van der Waals surface area contributed by atoms with E-state index in [1.54, 1.807) is 7.11 Å². The van der Waals surface area contributed by atoms with Gasteiger partial charge in [0.25, 0.3) is 0 Å². The third kappa shape index (κ3) is 7.22. The van der Waals surface area contributed by atoms with Gasteiger partial charge in [0.15, 0.2) is 16.8 Å². The molecule has 0 unspecified atom stereocenters. The molecule has 0 radical (unpaired) electrons. The molecule has 108 valence electrons. The van der Waals surface area contributed by atoms with Crippen LogP contribution < -0.4 is 5.73 Å². The van der Waals surface area contributed by atoms with Crippen molar-refractivity contribution in [2.75, 3.05) is 45.9 Å². The number of rotatable bonds is 10. The summed E-state index contributed by atoms with van der Waals surface area (Å²) < 4.78 is 15.5. The molecular formula is C11H19ClN4O3. The smallest absolute Gasteiger partial charge is 0.193 e. The van der Waals surface area contributed by atoms with E-state index >= 15 is 0 Å². The van der Waals surface area contributed by atoms with Gasteiger partial charge in [0, 0.05) is 20.1 Å². The Bertz CT molecular complexity index is 368. The van der Waals surface area contributed by atoms with E-state index in [0.29, 0.717) is 45.3 Å². The SMILES string of the molecule is COCCOCCOCCCc1nnc(Cl)c(N)n1. The summed E-state index contributed by atoms with van der Waals surface area (Å²) in [6.45, 7) is 2.92. The Hall–Kier alpha value is -1.02. The van der Waals surface area contributed by atoms with E-state index < -0.39 is 0 Å². The average Bonchev–Trinajstić information content (AvgIpc) is 2.41. The van der Waals surface area contributed by atoms with Crippen molar-refractivity contribution < 1.29 is 14.2 Å². The van der Waals surface area contributed by atoms with Crippen LogP contribution in [0.1, 0.15) is 12.2 Å². The highest BCUT2D eigenvalue weighted by atomic mass is 35.5. The predicted octanol–water partition coefficient (Wildman–Crippen LogP) is 0.719. The molecule has 0 saturated heterocycles. The van der Waals surface area contributed by atoms with Crippen LogP contribution >= 0.6 is 11.6 Å². The summed E-state index contributed by atoms with van der Waals surface area (Å²) in [6, 6.07) is 0. The number of methoxy groups -OCH3 is 1. The molecule has 1 rings (SSSR count). The third-order valence-corrected chi connectivity index (χ3v) is 2.48. The number of aryl methyl sites for hydroxylation is 1. The van der Waals surface area contributed by atoms with Crippen LogP contribution in [-0.4, -0.2) is 55.3 Å². The first-order valence-corrected chi connectivity index (χ1v) is 6.41. The summed E-state index contributed by atoms with van der Waals surface area (Å²) in [7, 11) is 1.64. The van der Waals surface area contributed by atoms with Crippen LogP contribution in [0.2, 0.25) is 5.15 Å². The Morgan fingerprint density at radius 2 is 1.74 bits per heavy atom. The summed E-state index contributed by atoms with van der Waals surface area (Å²) in [5, 5.41) is 7.66. The van der Waals surface area contributed by atoms with Gasteiger partial charge in [-0.1, -0.05) is 11.6 Å². The summed E-state index contributed by atoms with van der Waals surface area (Å²) in [6.07, 6.45) is 1.44. The Morgan fingerprint density at radius 3 is 2.42 bits per heavy atom. The lowest BCUT2D eigenvalue weighted by molar-refractivity contribution is 0.0243. The number of halogens is 1. The Balaban J connectivity index is 2.00. The van der Waals surface area contributed by atoms with Gasteiger partial charge in [-0.15, -0.1) is 10.2 Å². The first-order valence-electron chi connectivity index (χ1n) is 6.03. The van der Waals surface area contributed by atoms with E-state index in [4.69, 9.17) is 31.5 Å². The molecule has 1 heterocycles. The second kappa shape index (κ2) is 9.85. The summed E-state index contributed by atoms with van der Waals surface area (Å²) in [5.41, 5.74) is 5.53. The lowest BCUT2D eigenvalue weighted by Crippen LogP contribution is -2.09. The number of nitrogen functional groups attached to an aromatic ring is 1. The molecule has 7 nitrogen and oxygen atoms in total. The van der Waals surface area contributed by atoms with Crippen molar-refractivity contribution >= 4 is 17.4 Å². The fourth-order valence-corrected chi connectivity index (χ4v) is 1.34. The van der Waals surface area contributed by atoms with E-state index in [1.165, 1.54) is 0 Å². The van der Waals surface area contributed by atoms with E-state index in [9.17, 15) is 0 Å². The fourth-order valence-electron chi connectivity index (χ4n) is 1.26. The molecule has 0 aliphatic heterocycles. The second-order valence-corrected chi connectivity index (χ2v) is 4.08. The van der Waals surface area contributed by atoms with Crippen molar-refractivity contribution in [1.82, 2.24) is 15.2 Å². The highest BCUT2D eigenvalue weighted by Gasteiger charge is 2.03. The van der Waals surface area contributed by atoms with E-state index in [0.717, 1.165) is 6.42 Å². The normalized spacial score (nSPS) is 10.8. The van der Waals surface area contributed by atoms with Gasteiger partial charge in [0.1, 0.15) is 0 Å². The van der Waals surface area contributed by atoms with Gasteiger partial charge in [-0.05, 0) is 6.42 Å². The maximum absolute atomic E-state index is 5.63. The van der Waals surface area contributed by atoms with Crippen LogP contribution in [0.15, 0.2) is 0 Å². The zero-order chi connectivity index (χ0) is 13.9. The molecule has 0 fully saturated rings. The topological polar surface area (TPSA) is 92.4 Å². The molecule has 2 N–H and O–H groups in total. The maximum Gasteiger partial charge on any atom is 0.193 e. The molecule has 0 amide bonds. The number of hydrogen-bond acceptors (Lipinski definition) is 7. The maximum atomic E-state index is 5.63. The number of ether oxygens (including phenoxy) is 3. The molecule has 0 aromatic carbocycles. The highest BCUT2D eigenvalue weighted by molar-refractivity contribution is 6.31. The molecule has 8 heteroatoms. The van der Waals surface area contributed by atoms with Crippen LogP contribution in [0.4, 0.5) is 5.82 Å². The highest BCUT2D eigenvalue weighted by Crippen LogP contribution is 2.10. The summed E-state index contributed by atoms with van der Waals surface area (Å²) in [5.74, 6) is 0.779. The molecular weight excluding hydrogens is 272 g/mol. The zero-order valence-corrected chi connectivity index (χ0v) is 11.7. The molecule has 1 aromatic heterocycles. The van der Waals surface area contributed by atoms with Gasteiger partial charge in [-0.3, -0.25) is 0 Å². The zero-order valence-electron chi connectivity index (χ0n) is 11.0. The van der Waals surface area contributed by atoms with Crippen molar-refractivity contribution in [3.63, 3.8) is 0 Å². The van der Waals surface area contributed by atoms with Gasteiger partial charge >= 0.3 is 0 Å². The molecule has 0 atom stereocenters. The standard InChI is InChI=1S/C11H19ClN4O3/c1-17-5-6-19-8-7-18-4-2-3-9-14-11(13)10(12)16-15-9/h2-8H2,1H3,(H2,13,14,15). The lowest BCUT2D eigenvalue weighted by atomic mass is 10.3. The van der Waals surface area contributed by atoms with Gasteiger partial charge < -0.3 is 19.9 Å². The van der Waals surface area contributed by atoms with Gasteiger partial charge in [-0.2, -0.15) is 0 Å². The van der Waals surface area contributed by atoms with Crippen LogP contribution in [0.25, 0.3) is 0 Å². The molecule has 19 heavy (non-hydrogen) atoms. The number of anilines is 1.